The van der Waals surface area contributed by atoms with Crippen LogP contribution in [0.1, 0.15) is 37.4 Å². The fourth-order valence-electron chi connectivity index (χ4n) is 2.91. The van der Waals surface area contributed by atoms with Crippen LogP contribution in [0.5, 0.6) is 0 Å². The highest BCUT2D eigenvalue weighted by Gasteiger charge is 2.43. The second-order valence-corrected chi connectivity index (χ2v) is 5.60. The molecule has 0 spiro atoms. The standard InChI is InChI=1S/C14H20ClNO/c1-16(2)14(9-3-4-10-14)13(17)11-5-7-12(15)8-6-11/h5-8,13,17H,3-4,9-10H2,1-2H3. The molecule has 2 rings (SSSR count). The van der Waals surface area contributed by atoms with Gasteiger partial charge in [-0.25, -0.2) is 0 Å². The average Bonchev–Trinajstić information content (AvgIpc) is 2.79. The van der Waals surface area contributed by atoms with E-state index in [1.807, 2.05) is 24.3 Å². The maximum absolute atomic E-state index is 10.6. The lowest BCUT2D eigenvalue weighted by Gasteiger charge is -2.40. The molecule has 0 radical (unpaired) electrons. The molecule has 94 valence electrons. The lowest BCUT2D eigenvalue weighted by molar-refractivity contribution is -0.00474. The molecule has 1 aliphatic carbocycles. The maximum atomic E-state index is 10.6. The van der Waals surface area contributed by atoms with Crippen LogP contribution >= 0.6 is 11.6 Å². The van der Waals surface area contributed by atoms with Gasteiger partial charge in [0, 0.05) is 5.02 Å². The van der Waals surface area contributed by atoms with Crippen molar-refractivity contribution in [2.75, 3.05) is 14.1 Å². The summed E-state index contributed by atoms with van der Waals surface area (Å²) in [6.45, 7) is 0. The van der Waals surface area contributed by atoms with Gasteiger partial charge in [-0.3, -0.25) is 0 Å². The molecular weight excluding hydrogens is 234 g/mol. The van der Waals surface area contributed by atoms with Crippen LogP contribution in [0.2, 0.25) is 5.02 Å². The van der Waals surface area contributed by atoms with Gasteiger partial charge in [-0.2, -0.15) is 0 Å². The Bertz CT molecular complexity index is 368. The second-order valence-electron chi connectivity index (χ2n) is 5.16. The molecule has 17 heavy (non-hydrogen) atoms. The number of nitrogens with zero attached hydrogens (tertiary/aromatic N) is 1. The van der Waals surface area contributed by atoms with Gasteiger partial charge < -0.3 is 10.0 Å². The molecule has 1 saturated carbocycles. The number of rotatable bonds is 3. The Labute approximate surface area is 108 Å². The van der Waals surface area contributed by atoms with Gasteiger partial charge in [0.05, 0.1) is 11.6 Å². The SMILES string of the molecule is CN(C)C1(C(O)c2ccc(Cl)cc2)CCCC1. The Morgan fingerprint density at radius 3 is 2.18 bits per heavy atom. The Morgan fingerprint density at radius 1 is 1.18 bits per heavy atom. The lowest BCUT2D eigenvalue weighted by Crippen LogP contribution is -2.46. The molecule has 0 heterocycles. The maximum Gasteiger partial charge on any atom is 0.0973 e. The summed E-state index contributed by atoms with van der Waals surface area (Å²) in [6.07, 6.45) is 4.08. The van der Waals surface area contributed by atoms with Crippen molar-refractivity contribution >= 4 is 11.6 Å². The van der Waals surface area contributed by atoms with Crippen molar-refractivity contribution < 1.29 is 5.11 Å². The molecule has 2 nitrogen and oxygen atoms in total. The quantitative estimate of drug-likeness (QED) is 0.894. The summed E-state index contributed by atoms with van der Waals surface area (Å²) in [7, 11) is 4.12. The van der Waals surface area contributed by atoms with Crippen LogP contribution in [0.4, 0.5) is 0 Å². The van der Waals surface area contributed by atoms with Crippen molar-refractivity contribution in [3.63, 3.8) is 0 Å². The van der Waals surface area contributed by atoms with E-state index in [1.54, 1.807) is 0 Å². The molecule has 1 aromatic carbocycles. The Hall–Kier alpha value is -0.570. The molecule has 1 N–H and O–H groups in total. The number of halogens is 1. The number of aliphatic hydroxyl groups excluding tert-OH is 1. The van der Waals surface area contributed by atoms with Gasteiger partial charge in [-0.1, -0.05) is 36.6 Å². The first-order valence-electron chi connectivity index (χ1n) is 6.17. The van der Waals surface area contributed by atoms with Crippen LogP contribution in [0.25, 0.3) is 0 Å². The van der Waals surface area contributed by atoms with Crippen molar-refractivity contribution in [2.45, 2.75) is 37.3 Å². The average molecular weight is 254 g/mol. The fraction of sp³-hybridized carbons (Fsp3) is 0.571. The van der Waals surface area contributed by atoms with Gasteiger partial charge in [0.25, 0.3) is 0 Å². The molecule has 1 fully saturated rings. The summed E-state index contributed by atoms with van der Waals surface area (Å²) >= 11 is 5.88. The molecule has 1 atom stereocenters. The monoisotopic (exact) mass is 253 g/mol. The van der Waals surface area contributed by atoms with Crippen LogP contribution in [0.3, 0.4) is 0 Å². The molecule has 0 bridgehead atoms. The highest BCUT2D eigenvalue weighted by Crippen LogP contribution is 2.43. The highest BCUT2D eigenvalue weighted by molar-refractivity contribution is 6.30. The van der Waals surface area contributed by atoms with Gasteiger partial charge in [0.2, 0.25) is 0 Å². The van der Waals surface area contributed by atoms with Crippen molar-refractivity contribution in [2.24, 2.45) is 0 Å². The Kier molecular flexibility index (Phi) is 3.76. The van der Waals surface area contributed by atoms with Gasteiger partial charge in [-0.15, -0.1) is 0 Å². The van der Waals surface area contributed by atoms with E-state index < -0.39 is 6.10 Å². The van der Waals surface area contributed by atoms with Gasteiger partial charge in [0.1, 0.15) is 0 Å². The Balaban J connectivity index is 2.28. The summed E-state index contributed by atoms with van der Waals surface area (Å²) in [5, 5.41) is 11.4. The van der Waals surface area contributed by atoms with Gasteiger partial charge in [-0.05, 0) is 44.6 Å². The Morgan fingerprint density at radius 2 is 1.71 bits per heavy atom. The molecule has 1 unspecified atom stereocenters. The van der Waals surface area contributed by atoms with Crippen molar-refractivity contribution in [3.8, 4) is 0 Å². The van der Waals surface area contributed by atoms with E-state index in [1.165, 1.54) is 12.8 Å². The summed E-state index contributed by atoms with van der Waals surface area (Å²) in [5.41, 5.74) is 0.860. The zero-order valence-electron chi connectivity index (χ0n) is 10.5. The third-order valence-electron chi connectivity index (χ3n) is 4.05. The molecule has 1 aliphatic rings. The van der Waals surface area contributed by atoms with E-state index in [-0.39, 0.29) is 5.54 Å². The van der Waals surface area contributed by atoms with Crippen LogP contribution in [0, 0.1) is 0 Å². The van der Waals surface area contributed by atoms with Crippen LogP contribution in [0.15, 0.2) is 24.3 Å². The molecule has 0 amide bonds. The number of benzene rings is 1. The van der Waals surface area contributed by atoms with Crippen LogP contribution < -0.4 is 0 Å². The summed E-state index contributed by atoms with van der Waals surface area (Å²) < 4.78 is 0. The molecule has 0 saturated heterocycles. The summed E-state index contributed by atoms with van der Waals surface area (Å²) in [6, 6.07) is 7.55. The van der Waals surface area contributed by atoms with E-state index in [9.17, 15) is 5.11 Å². The number of hydrogen-bond acceptors (Lipinski definition) is 2. The predicted octanol–water partition coefficient (Wildman–Crippen LogP) is 3.25. The highest BCUT2D eigenvalue weighted by atomic mass is 35.5. The van der Waals surface area contributed by atoms with Crippen molar-refractivity contribution in [3.05, 3.63) is 34.9 Å². The van der Waals surface area contributed by atoms with Gasteiger partial charge >= 0.3 is 0 Å². The fourth-order valence-corrected chi connectivity index (χ4v) is 3.03. The molecule has 0 aliphatic heterocycles. The van der Waals surface area contributed by atoms with Crippen LogP contribution in [-0.4, -0.2) is 29.6 Å². The predicted molar refractivity (Wildman–Crippen MR) is 71.3 cm³/mol. The zero-order valence-corrected chi connectivity index (χ0v) is 11.2. The van der Waals surface area contributed by atoms with Crippen LogP contribution in [-0.2, 0) is 0 Å². The van der Waals surface area contributed by atoms with Crippen molar-refractivity contribution in [1.82, 2.24) is 4.90 Å². The molecule has 1 aromatic rings. The smallest absolute Gasteiger partial charge is 0.0973 e. The van der Waals surface area contributed by atoms with E-state index in [0.717, 1.165) is 18.4 Å². The minimum absolute atomic E-state index is 0.103. The van der Waals surface area contributed by atoms with E-state index in [4.69, 9.17) is 11.6 Å². The minimum Gasteiger partial charge on any atom is -0.386 e. The third-order valence-corrected chi connectivity index (χ3v) is 4.31. The molecule has 0 aromatic heterocycles. The summed E-state index contributed by atoms with van der Waals surface area (Å²) in [4.78, 5) is 2.18. The van der Waals surface area contributed by atoms with E-state index >= 15 is 0 Å². The van der Waals surface area contributed by atoms with E-state index in [2.05, 4.69) is 19.0 Å². The minimum atomic E-state index is -0.433. The topological polar surface area (TPSA) is 23.5 Å². The first kappa shape index (κ1) is 12.9. The summed E-state index contributed by atoms with van der Waals surface area (Å²) in [5.74, 6) is 0. The number of aliphatic hydroxyl groups is 1. The number of hydrogen-bond donors (Lipinski definition) is 1. The van der Waals surface area contributed by atoms with E-state index in [0.29, 0.717) is 5.02 Å². The molecular formula is C14H20ClNO. The zero-order chi connectivity index (χ0) is 12.5. The first-order chi connectivity index (χ1) is 8.06. The number of likely N-dealkylation sites (N-methyl/N-ethyl adjacent to an activating group) is 1. The third kappa shape index (κ3) is 2.35. The lowest BCUT2D eigenvalue weighted by atomic mass is 9.85. The molecule has 3 heteroatoms. The first-order valence-corrected chi connectivity index (χ1v) is 6.55. The van der Waals surface area contributed by atoms with Gasteiger partial charge in [0.15, 0.2) is 0 Å². The van der Waals surface area contributed by atoms with Crippen molar-refractivity contribution in [1.29, 1.82) is 0 Å². The normalized spacial score (nSPS) is 20.8. The second kappa shape index (κ2) is 4.97. The largest absolute Gasteiger partial charge is 0.386 e.